The number of hydrogen-bond acceptors (Lipinski definition) is 1. The first-order valence-corrected chi connectivity index (χ1v) is 7.16. The molecular weight excluding hydrogens is 234 g/mol. The van der Waals surface area contributed by atoms with Crippen molar-refractivity contribution in [3.05, 3.63) is 35.9 Å². The molecular formula is C17H27NO. The van der Waals surface area contributed by atoms with E-state index in [-0.39, 0.29) is 11.4 Å². The first kappa shape index (κ1) is 15.7. The standard InChI is InChI=1S/C17H27NO/c1-6-15(12-16-10-8-7-9-11-16)13-18(14(2)19)17(3,4)5/h7-11,15H,6,12-13H2,1-5H3. The van der Waals surface area contributed by atoms with Crippen LogP contribution in [0.2, 0.25) is 0 Å². The number of carbonyl (C=O) groups is 1. The zero-order valence-corrected chi connectivity index (χ0v) is 12.9. The van der Waals surface area contributed by atoms with E-state index in [1.165, 1.54) is 5.56 Å². The molecule has 0 spiro atoms. The molecule has 0 aliphatic carbocycles. The summed E-state index contributed by atoms with van der Waals surface area (Å²) in [5.74, 6) is 0.685. The quantitative estimate of drug-likeness (QED) is 0.787. The van der Waals surface area contributed by atoms with E-state index >= 15 is 0 Å². The van der Waals surface area contributed by atoms with Gasteiger partial charge in [0.05, 0.1) is 0 Å². The van der Waals surface area contributed by atoms with Gasteiger partial charge in [-0.2, -0.15) is 0 Å². The van der Waals surface area contributed by atoms with Crippen molar-refractivity contribution in [3.63, 3.8) is 0 Å². The topological polar surface area (TPSA) is 20.3 Å². The Labute approximate surface area is 117 Å². The molecule has 0 aliphatic heterocycles. The van der Waals surface area contributed by atoms with Gasteiger partial charge in [-0.1, -0.05) is 43.7 Å². The maximum Gasteiger partial charge on any atom is 0.219 e. The fourth-order valence-electron chi connectivity index (χ4n) is 2.42. The highest BCUT2D eigenvalue weighted by Crippen LogP contribution is 2.20. The summed E-state index contributed by atoms with van der Waals surface area (Å²) in [5.41, 5.74) is 1.25. The second-order valence-corrected chi connectivity index (χ2v) is 6.26. The van der Waals surface area contributed by atoms with E-state index in [0.717, 1.165) is 19.4 Å². The van der Waals surface area contributed by atoms with Crippen LogP contribution in [0.3, 0.4) is 0 Å². The smallest absolute Gasteiger partial charge is 0.219 e. The van der Waals surface area contributed by atoms with Crippen LogP contribution in [0.5, 0.6) is 0 Å². The van der Waals surface area contributed by atoms with Gasteiger partial charge in [-0.05, 0) is 38.7 Å². The van der Waals surface area contributed by atoms with E-state index in [2.05, 4.69) is 52.0 Å². The molecule has 0 N–H and O–H groups in total. The monoisotopic (exact) mass is 261 g/mol. The van der Waals surface area contributed by atoms with Crippen molar-refractivity contribution in [2.45, 2.75) is 53.0 Å². The van der Waals surface area contributed by atoms with Crippen LogP contribution in [-0.2, 0) is 11.2 Å². The van der Waals surface area contributed by atoms with Gasteiger partial charge in [0.2, 0.25) is 5.91 Å². The largest absolute Gasteiger partial charge is 0.338 e. The van der Waals surface area contributed by atoms with Crippen LogP contribution >= 0.6 is 0 Å². The molecule has 1 aromatic rings. The number of hydrogen-bond donors (Lipinski definition) is 0. The van der Waals surface area contributed by atoms with Crippen LogP contribution in [0.1, 0.15) is 46.6 Å². The molecule has 0 radical (unpaired) electrons. The Morgan fingerprint density at radius 3 is 2.21 bits per heavy atom. The van der Waals surface area contributed by atoms with Crippen LogP contribution in [0.15, 0.2) is 30.3 Å². The van der Waals surface area contributed by atoms with Crippen LogP contribution in [0, 0.1) is 5.92 Å². The average Bonchev–Trinajstić information content (AvgIpc) is 2.33. The third-order valence-electron chi connectivity index (χ3n) is 3.58. The summed E-state index contributed by atoms with van der Waals surface area (Å²) in [7, 11) is 0. The molecule has 0 heterocycles. The Morgan fingerprint density at radius 1 is 1.21 bits per heavy atom. The number of amides is 1. The third-order valence-corrected chi connectivity index (χ3v) is 3.58. The molecule has 1 rings (SSSR count). The molecule has 2 heteroatoms. The number of rotatable bonds is 5. The van der Waals surface area contributed by atoms with Gasteiger partial charge in [-0.25, -0.2) is 0 Å². The Bertz CT molecular complexity index is 391. The lowest BCUT2D eigenvalue weighted by Gasteiger charge is -2.37. The van der Waals surface area contributed by atoms with E-state index in [1.807, 2.05) is 11.0 Å². The van der Waals surface area contributed by atoms with Gasteiger partial charge in [-0.3, -0.25) is 4.79 Å². The van der Waals surface area contributed by atoms with Crippen molar-refractivity contribution in [1.29, 1.82) is 0 Å². The predicted octanol–water partition coefficient (Wildman–Crippen LogP) is 3.90. The van der Waals surface area contributed by atoms with Crippen LogP contribution in [0.25, 0.3) is 0 Å². The van der Waals surface area contributed by atoms with E-state index in [4.69, 9.17) is 0 Å². The lowest BCUT2D eigenvalue weighted by Crippen LogP contribution is -2.47. The second-order valence-electron chi connectivity index (χ2n) is 6.26. The lowest BCUT2D eigenvalue weighted by molar-refractivity contribution is -0.134. The normalized spacial score (nSPS) is 13.1. The van der Waals surface area contributed by atoms with Gasteiger partial charge < -0.3 is 4.90 Å². The van der Waals surface area contributed by atoms with Crippen molar-refractivity contribution in [3.8, 4) is 0 Å². The van der Waals surface area contributed by atoms with Crippen LogP contribution in [0.4, 0.5) is 0 Å². The summed E-state index contributed by atoms with van der Waals surface area (Å²) in [5, 5.41) is 0. The molecule has 1 amide bonds. The van der Waals surface area contributed by atoms with Crippen molar-refractivity contribution in [1.82, 2.24) is 4.90 Å². The summed E-state index contributed by atoms with van der Waals surface area (Å²) in [6.45, 7) is 11.0. The molecule has 1 atom stereocenters. The maximum atomic E-state index is 11.8. The van der Waals surface area contributed by atoms with Crippen molar-refractivity contribution < 1.29 is 4.79 Å². The average molecular weight is 261 g/mol. The van der Waals surface area contributed by atoms with E-state index < -0.39 is 0 Å². The van der Waals surface area contributed by atoms with Gasteiger partial charge in [0.1, 0.15) is 0 Å². The summed E-state index contributed by atoms with van der Waals surface area (Å²) < 4.78 is 0. The van der Waals surface area contributed by atoms with E-state index in [9.17, 15) is 4.79 Å². The van der Waals surface area contributed by atoms with Gasteiger partial charge in [-0.15, -0.1) is 0 Å². The highest BCUT2D eigenvalue weighted by molar-refractivity contribution is 5.74. The van der Waals surface area contributed by atoms with Crippen molar-refractivity contribution >= 4 is 5.91 Å². The Balaban J connectivity index is 2.73. The summed E-state index contributed by atoms with van der Waals surface area (Å²) in [6.07, 6.45) is 2.13. The Morgan fingerprint density at radius 2 is 1.79 bits per heavy atom. The zero-order chi connectivity index (χ0) is 14.5. The Hall–Kier alpha value is -1.31. The highest BCUT2D eigenvalue weighted by atomic mass is 16.2. The fraction of sp³-hybridized carbons (Fsp3) is 0.588. The molecule has 2 nitrogen and oxygen atoms in total. The first-order chi connectivity index (χ1) is 8.84. The minimum absolute atomic E-state index is 0.101. The molecule has 1 unspecified atom stereocenters. The SMILES string of the molecule is CCC(Cc1ccccc1)CN(C(C)=O)C(C)(C)C. The number of carbonyl (C=O) groups excluding carboxylic acids is 1. The van der Waals surface area contributed by atoms with Crippen LogP contribution < -0.4 is 0 Å². The molecule has 0 aliphatic rings. The molecule has 19 heavy (non-hydrogen) atoms. The highest BCUT2D eigenvalue weighted by Gasteiger charge is 2.26. The molecule has 0 saturated heterocycles. The minimum Gasteiger partial charge on any atom is -0.338 e. The lowest BCUT2D eigenvalue weighted by atomic mass is 9.94. The Kier molecular flexibility index (Phi) is 5.59. The number of nitrogens with zero attached hydrogens (tertiary/aromatic N) is 1. The molecule has 0 saturated carbocycles. The molecule has 0 bridgehead atoms. The van der Waals surface area contributed by atoms with Gasteiger partial charge in [0, 0.05) is 19.0 Å². The van der Waals surface area contributed by atoms with E-state index in [1.54, 1.807) is 6.92 Å². The molecule has 1 aromatic carbocycles. The van der Waals surface area contributed by atoms with Crippen LogP contribution in [-0.4, -0.2) is 22.9 Å². The molecule has 0 fully saturated rings. The molecule has 106 valence electrons. The number of benzene rings is 1. The van der Waals surface area contributed by atoms with Gasteiger partial charge >= 0.3 is 0 Å². The van der Waals surface area contributed by atoms with E-state index in [0.29, 0.717) is 5.92 Å². The minimum atomic E-state index is -0.101. The van der Waals surface area contributed by atoms with Crippen molar-refractivity contribution in [2.75, 3.05) is 6.54 Å². The molecule has 0 aromatic heterocycles. The van der Waals surface area contributed by atoms with Gasteiger partial charge in [0.25, 0.3) is 0 Å². The predicted molar refractivity (Wildman–Crippen MR) is 81.1 cm³/mol. The maximum absolute atomic E-state index is 11.8. The first-order valence-electron chi connectivity index (χ1n) is 7.16. The van der Waals surface area contributed by atoms with Crippen molar-refractivity contribution in [2.24, 2.45) is 5.92 Å². The zero-order valence-electron chi connectivity index (χ0n) is 12.9. The second kappa shape index (κ2) is 6.74. The third kappa shape index (κ3) is 5.06. The summed E-state index contributed by atoms with van der Waals surface area (Å²) >= 11 is 0. The summed E-state index contributed by atoms with van der Waals surface area (Å²) in [6, 6.07) is 10.5. The summed E-state index contributed by atoms with van der Waals surface area (Å²) in [4.78, 5) is 13.8. The van der Waals surface area contributed by atoms with Gasteiger partial charge in [0.15, 0.2) is 0 Å². The fourth-order valence-corrected chi connectivity index (χ4v) is 2.42.